The summed E-state index contributed by atoms with van der Waals surface area (Å²) in [4.78, 5) is 0. The van der Waals surface area contributed by atoms with Gasteiger partial charge in [0.05, 0.1) is 19.8 Å². The fourth-order valence-corrected chi connectivity index (χ4v) is 3.69. The highest BCUT2D eigenvalue weighted by Crippen LogP contribution is 2.26. The van der Waals surface area contributed by atoms with Gasteiger partial charge in [0, 0.05) is 6.42 Å². The SMILES string of the molecule is CCCCCCCCCCOc1ccc(-c2ccc(OC3CCOC3)cc2)cc1. The third-order valence-corrected chi connectivity index (χ3v) is 5.50. The molecule has 1 heterocycles. The Morgan fingerprint density at radius 3 is 1.93 bits per heavy atom. The monoisotopic (exact) mass is 396 g/mol. The van der Waals surface area contributed by atoms with Crippen molar-refractivity contribution in [2.24, 2.45) is 0 Å². The molecule has 1 aliphatic heterocycles. The van der Waals surface area contributed by atoms with Gasteiger partial charge in [-0.05, 0) is 41.8 Å². The zero-order valence-corrected chi connectivity index (χ0v) is 17.9. The first-order valence-electron chi connectivity index (χ1n) is 11.4. The Morgan fingerprint density at radius 1 is 0.759 bits per heavy atom. The average molecular weight is 397 g/mol. The van der Waals surface area contributed by atoms with Crippen molar-refractivity contribution in [3.05, 3.63) is 48.5 Å². The van der Waals surface area contributed by atoms with Crippen LogP contribution in [-0.4, -0.2) is 25.9 Å². The largest absolute Gasteiger partial charge is 0.494 e. The Bertz CT molecular complexity index is 672. The second-order valence-corrected chi connectivity index (χ2v) is 7.98. The lowest BCUT2D eigenvalue weighted by Gasteiger charge is -2.12. The van der Waals surface area contributed by atoms with Crippen LogP contribution in [0.5, 0.6) is 11.5 Å². The van der Waals surface area contributed by atoms with Crippen molar-refractivity contribution in [1.29, 1.82) is 0 Å². The molecule has 3 rings (SSSR count). The van der Waals surface area contributed by atoms with Crippen molar-refractivity contribution < 1.29 is 14.2 Å². The van der Waals surface area contributed by atoms with Crippen LogP contribution in [0, 0.1) is 0 Å². The van der Waals surface area contributed by atoms with Crippen molar-refractivity contribution >= 4 is 0 Å². The van der Waals surface area contributed by atoms with Gasteiger partial charge < -0.3 is 14.2 Å². The van der Waals surface area contributed by atoms with Gasteiger partial charge in [-0.15, -0.1) is 0 Å². The van der Waals surface area contributed by atoms with Crippen LogP contribution in [0.1, 0.15) is 64.7 Å². The first-order chi connectivity index (χ1) is 14.3. The first-order valence-corrected chi connectivity index (χ1v) is 11.4. The van der Waals surface area contributed by atoms with Gasteiger partial charge in [0.2, 0.25) is 0 Å². The number of hydrogen-bond acceptors (Lipinski definition) is 3. The highest BCUT2D eigenvalue weighted by Gasteiger charge is 2.16. The van der Waals surface area contributed by atoms with Gasteiger partial charge in [0.25, 0.3) is 0 Å². The number of hydrogen-bond donors (Lipinski definition) is 0. The van der Waals surface area contributed by atoms with E-state index in [2.05, 4.69) is 43.3 Å². The predicted molar refractivity (Wildman–Crippen MR) is 120 cm³/mol. The van der Waals surface area contributed by atoms with Gasteiger partial charge in [0.15, 0.2) is 0 Å². The van der Waals surface area contributed by atoms with Crippen molar-refractivity contribution in [2.45, 2.75) is 70.8 Å². The summed E-state index contributed by atoms with van der Waals surface area (Å²) in [6, 6.07) is 16.7. The van der Waals surface area contributed by atoms with E-state index in [1.165, 1.54) is 56.1 Å². The summed E-state index contributed by atoms with van der Waals surface area (Å²) in [6.45, 7) is 4.58. The molecule has 1 unspecified atom stereocenters. The lowest BCUT2D eigenvalue weighted by Crippen LogP contribution is -2.15. The van der Waals surface area contributed by atoms with E-state index in [1.807, 2.05) is 12.1 Å². The van der Waals surface area contributed by atoms with E-state index in [0.29, 0.717) is 6.61 Å². The molecule has 0 saturated carbocycles. The van der Waals surface area contributed by atoms with Crippen molar-refractivity contribution in [2.75, 3.05) is 19.8 Å². The minimum atomic E-state index is 0.193. The third-order valence-electron chi connectivity index (χ3n) is 5.50. The van der Waals surface area contributed by atoms with Gasteiger partial charge in [-0.3, -0.25) is 0 Å². The second kappa shape index (κ2) is 12.5. The molecule has 1 aliphatic rings. The fraction of sp³-hybridized carbons (Fsp3) is 0.538. The van der Waals surface area contributed by atoms with E-state index in [0.717, 1.165) is 37.6 Å². The molecule has 0 aliphatic carbocycles. The Labute approximate surface area is 176 Å². The number of ether oxygens (including phenoxy) is 3. The van der Waals surface area contributed by atoms with Crippen LogP contribution in [0.15, 0.2) is 48.5 Å². The maximum absolute atomic E-state index is 5.94. The number of unbranched alkanes of at least 4 members (excludes halogenated alkanes) is 7. The summed E-state index contributed by atoms with van der Waals surface area (Å²) in [7, 11) is 0. The normalized spacial score (nSPS) is 16.1. The lowest BCUT2D eigenvalue weighted by atomic mass is 10.1. The zero-order valence-electron chi connectivity index (χ0n) is 17.9. The fourth-order valence-electron chi connectivity index (χ4n) is 3.69. The molecule has 3 heteroatoms. The molecule has 1 saturated heterocycles. The summed E-state index contributed by atoms with van der Waals surface area (Å²) in [6.07, 6.45) is 11.8. The molecule has 158 valence electrons. The molecule has 29 heavy (non-hydrogen) atoms. The third kappa shape index (κ3) is 7.74. The molecular formula is C26H36O3. The highest BCUT2D eigenvalue weighted by atomic mass is 16.5. The van der Waals surface area contributed by atoms with E-state index in [9.17, 15) is 0 Å². The van der Waals surface area contributed by atoms with Crippen LogP contribution in [-0.2, 0) is 4.74 Å². The molecule has 0 spiro atoms. The summed E-state index contributed by atoms with van der Waals surface area (Å²) in [5.74, 6) is 1.87. The van der Waals surface area contributed by atoms with Crippen LogP contribution in [0.3, 0.4) is 0 Å². The van der Waals surface area contributed by atoms with Gasteiger partial charge >= 0.3 is 0 Å². The molecule has 0 aromatic heterocycles. The lowest BCUT2D eigenvalue weighted by molar-refractivity contribution is 0.141. The molecule has 3 nitrogen and oxygen atoms in total. The van der Waals surface area contributed by atoms with E-state index >= 15 is 0 Å². The molecule has 2 aromatic rings. The van der Waals surface area contributed by atoms with Crippen molar-refractivity contribution in [3.8, 4) is 22.6 Å². The maximum Gasteiger partial charge on any atom is 0.124 e. The number of benzene rings is 2. The standard InChI is InChI=1S/C26H36O3/c1-2-3-4-5-6-7-8-9-19-28-24-14-10-22(11-15-24)23-12-16-25(17-13-23)29-26-18-20-27-21-26/h10-17,26H,2-9,18-21H2,1H3. The van der Waals surface area contributed by atoms with Crippen LogP contribution in [0.2, 0.25) is 0 Å². The molecular weight excluding hydrogens is 360 g/mol. The average Bonchev–Trinajstić information content (AvgIpc) is 3.27. The van der Waals surface area contributed by atoms with Gasteiger partial charge in [-0.25, -0.2) is 0 Å². The minimum Gasteiger partial charge on any atom is -0.494 e. The highest BCUT2D eigenvalue weighted by molar-refractivity contribution is 5.64. The van der Waals surface area contributed by atoms with Crippen LogP contribution in [0.25, 0.3) is 11.1 Å². The maximum atomic E-state index is 5.94. The van der Waals surface area contributed by atoms with Crippen LogP contribution >= 0.6 is 0 Å². The molecule has 0 N–H and O–H groups in total. The van der Waals surface area contributed by atoms with Crippen molar-refractivity contribution in [1.82, 2.24) is 0 Å². The quantitative estimate of drug-likeness (QED) is 0.340. The Balaban J connectivity index is 1.35. The van der Waals surface area contributed by atoms with Gasteiger partial charge in [0.1, 0.15) is 17.6 Å². The molecule has 1 atom stereocenters. The first kappa shape index (κ1) is 21.7. The number of rotatable bonds is 13. The summed E-state index contributed by atoms with van der Waals surface area (Å²) >= 11 is 0. The van der Waals surface area contributed by atoms with Crippen LogP contribution < -0.4 is 9.47 Å². The Morgan fingerprint density at radius 2 is 1.34 bits per heavy atom. The Hall–Kier alpha value is -2.00. The van der Waals surface area contributed by atoms with E-state index < -0.39 is 0 Å². The summed E-state index contributed by atoms with van der Waals surface area (Å²) in [5.41, 5.74) is 2.38. The second-order valence-electron chi connectivity index (χ2n) is 7.98. The molecule has 2 aromatic carbocycles. The summed E-state index contributed by atoms with van der Waals surface area (Å²) < 4.78 is 17.2. The van der Waals surface area contributed by atoms with Crippen LogP contribution in [0.4, 0.5) is 0 Å². The smallest absolute Gasteiger partial charge is 0.124 e. The molecule has 1 fully saturated rings. The van der Waals surface area contributed by atoms with Crippen molar-refractivity contribution in [3.63, 3.8) is 0 Å². The van der Waals surface area contributed by atoms with Gasteiger partial charge in [-0.2, -0.15) is 0 Å². The molecule has 0 radical (unpaired) electrons. The summed E-state index contributed by atoms with van der Waals surface area (Å²) in [5, 5.41) is 0. The molecule has 0 bridgehead atoms. The topological polar surface area (TPSA) is 27.7 Å². The van der Waals surface area contributed by atoms with E-state index in [4.69, 9.17) is 14.2 Å². The van der Waals surface area contributed by atoms with E-state index in [-0.39, 0.29) is 6.10 Å². The van der Waals surface area contributed by atoms with Gasteiger partial charge in [-0.1, -0.05) is 76.1 Å². The predicted octanol–water partition coefficient (Wildman–Crippen LogP) is 7.04. The minimum absolute atomic E-state index is 0.193. The Kier molecular flexibility index (Phi) is 9.38. The zero-order chi connectivity index (χ0) is 20.2. The molecule has 0 amide bonds. The van der Waals surface area contributed by atoms with E-state index in [1.54, 1.807) is 0 Å².